The lowest BCUT2D eigenvalue weighted by Gasteiger charge is -2.13. The van der Waals surface area contributed by atoms with Crippen molar-refractivity contribution in [2.75, 3.05) is 12.3 Å². The topological polar surface area (TPSA) is 46.2 Å². The van der Waals surface area contributed by atoms with Gasteiger partial charge in [-0.2, -0.15) is 0 Å². The second-order valence-corrected chi connectivity index (χ2v) is 7.47. The average Bonchev–Trinajstić information content (AvgIpc) is 2.11. The SMILES string of the molecule is CCCCS(=O)(=O)NCC(Br)CC(C)C. The zero-order valence-electron chi connectivity index (χ0n) is 9.79. The number of halogens is 1. The summed E-state index contributed by atoms with van der Waals surface area (Å²) in [6.45, 7) is 6.73. The molecule has 0 radical (unpaired) electrons. The van der Waals surface area contributed by atoms with E-state index in [4.69, 9.17) is 0 Å². The van der Waals surface area contributed by atoms with E-state index in [9.17, 15) is 8.42 Å². The van der Waals surface area contributed by atoms with Gasteiger partial charge in [-0.25, -0.2) is 13.1 Å². The molecule has 0 aliphatic carbocycles. The Morgan fingerprint density at radius 3 is 2.40 bits per heavy atom. The van der Waals surface area contributed by atoms with Crippen LogP contribution in [0.1, 0.15) is 40.0 Å². The van der Waals surface area contributed by atoms with E-state index in [1.54, 1.807) is 0 Å². The van der Waals surface area contributed by atoms with Gasteiger partial charge in [0, 0.05) is 11.4 Å². The van der Waals surface area contributed by atoms with E-state index < -0.39 is 10.0 Å². The van der Waals surface area contributed by atoms with Crippen LogP contribution in [0.15, 0.2) is 0 Å². The number of hydrogen-bond acceptors (Lipinski definition) is 2. The third-order valence-corrected chi connectivity index (χ3v) is 4.15. The van der Waals surface area contributed by atoms with Gasteiger partial charge in [0.25, 0.3) is 0 Å². The van der Waals surface area contributed by atoms with E-state index in [0.717, 1.165) is 19.3 Å². The first-order valence-corrected chi connectivity index (χ1v) is 8.05. The molecule has 0 aliphatic heterocycles. The Kier molecular flexibility index (Phi) is 7.83. The summed E-state index contributed by atoms with van der Waals surface area (Å²) in [4.78, 5) is 0.230. The number of unbranched alkanes of at least 4 members (excludes halogenated alkanes) is 1. The summed E-state index contributed by atoms with van der Waals surface area (Å²) in [5.74, 6) is 0.819. The summed E-state index contributed by atoms with van der Waals surface area (Å²) < 4.78 is 25.5. The fraction of sp³-hybridized carbons (Fsp3) is 1.00. The molecule has 15 heavy (non-hydrogen) atoms. The monoisotopic (exact) mass is 299 g/mol. The van der Waals surface area contributed by atoms with Crippen LogP contribution in [-0.4, -0.2) is 25.5 Å². The zero-order valence-corrected chi connectivity index (χ0v) is 12.2. The maximum absolute atomic E-state index is 11.4. The van der Waals surface area contributed by atoms with Crippen molar-refractivity contribution < 1.29 is 8.42 Å². The number of alkyl halides is 1. The van der Waals surface area contributed by atoms with Crippen LogP contribution < -0.4 is 4.72 Å². The molecule has 1 atom stereocenters. The van der Waals surface area contributed by atoms with Gasteiger partial charge in [0.2, 0.25) is 10.0 Å². The van der Waals surface area contributed by atoms with Crippen molar-refractivity contribution >= 4 is 26.0 Å². The number of nitrogens with one attached hydrogen (secondary N) is 1. The Hall–Kier alpha value is 0.390. The molecule has 0 saturated carbocycles. The van der Waals surface area contributed by atoms with Crippen molar-refractivity contribution in [1.29, 1.82) is 0 Å². The van der Waals surface area contributed by atoms with Crippen molar-refractivity contribution in [1.82, 2.24) is 4.72 Å². The highest BCUT2D eigenvalue weighted by atomic mass is 79.9. The van der Waals surface area contributed by atoms with Crippen LogP contribution in [0.5, 0.6) is 0 Å². The third-order valence-electron chi connectivity index (χ3n) is 2.02. The molecule has 0 aromatic carbocycles. The van der Waals surface area contributed by atoms with Crippen molar-refractivity contribution in [3.63, 3.8) is 0 Å². The van der Waals surface area contributed by atoms with E-state index >= 15 is 0 Å². The largest absolute Gasteiger partial charge is 0.214 e. The van der Waals surface area contributed by atoms with E-state index in [0.29, 0.717) is 12.5 Å². The molecule has 1 unspecified atom stereocenters. The molecule has 0 fully saturated rings. The highest BCUT2D eigenvalue weighted by molar-refractivity contribution is 9.09. The molecule has 0 rings (SSSR count). The number of sulfonamides is 1. The van der Waals surface area contributed by atoms with Crippen molar-refractivity contribution in [2.24, 2.45) is 5.92 Å². The van der Waals surface area contributed by atoms with Gasteiger partial charge in [-0.05, 0) is 18.8 Å². The van der Waals surface area contributed by atoms with E-state index in [-0.39, 0.29) is 10.6 Å². The Morgan fingerprint density at radius 2 is 1.93 bits per heavy atom. The molecule has 3 nitrogen and oxygen atoms in total. The molecular weight excluding hydrogens is 278 g/mol. The first kappa shape index (κ1) is 15.4. The maximum atomic E-state index is 11.4. The molecule has 0 bridgehead atoms. The summed E-state index contributed by atoms with van der Waals surface area (Å²) in [6.07, 6.45) is 2.62. The van der Waals surface area contributed by atoms with Gasteiger partial charge in [-0.1, -0.05) is 43.1 Å². The van der Waals surface area contributed by atoms with Gasteiger partial charge in [-0.15, -0.1) is 0 Å². The standard InChI is InChI=1S/C10H22BrNO2S/c1-4-5-6-15(13,14)12-8-10(11)7-9(2)3/h9-10,12H,4-8H2,1-3H3. The molecule has 1 N–H and O–H groups in total. The molecule has 0 spiro atoms. The fourth-order valence-corrected chi connectivity index (χ4v) is 3.61. The summed E-state index contributed by atoms with van der Waals surface area (Å²) >= 11 is 3.47. The normalized spacial score (nSPS) is 14.5. The van der Waals surface area contributed by atoms with E-state index in [2.05, 4.69) is 34.5 Å². The molecule has 0 aliphatic rings. The van der Waals surface area contributed by atoms with Crippen molar-refractivity contribution in [2.45, 2.75) is 44.9 Å². The van der Waals surface area contributed by atoms with Crippen LogP contribution in [0.3, 0.4) is 0 Å². The van der Waals surface area contributed by atoms with Crippen LogP contribution in [0.4, 0.5) is 0 Å². The third kappa shape index (κ3) is 9.33. The predicted molar refractivity (Wildman–Crippen MR) is 68.9 cm³/mol. The number of hydrogen-bond donors (Lipinski definition) is 1. The molecule has 0 saturated heterocycles. The van der Waals surface area contributed by atoms with Gasteiger partial charge < -0.3 is 0 Å². The highest BCUT2D eigenvalue weighted by Gasteiger charge is 2.12. The molecule has 92 valence electrons. The average molecular weight is 300 g/mol. The van der Waals surface area contributed by atoms with E-state index in [1.807, 2.05) is 6.92 Å². The Bertz CT molecular complexity index is 252. The Balaban J connectivity index is 3.82. The molecule has 0 amide bonds. The Labute approximate surface area is 102 Å². The summed E-state index contributed by atoms with van der Waals surface area (Å²) in [5.41, 5.74) is 0. The predicted octanol–water partition coefficient (Wildman–Crippen LogP) is 2.52. The van der Waals surface area contributed by atoms with E-state index in [1.165, 1.54) is 0 Å². The molecule has 5 heteroatoms. The lowest BCUT2D eigenvalue weighted by Crippen LogP contribution is -2.32. The van der Waals surface area contributed by atoms with Crippen molar-refractivity contribution in [3.8, 4) is 0 Å². The van der Waals surface area contributed by atoms with Crippen molar-refractivity contribution in [3.05, 3.63) is 0 Å². The lowest BCUT2D eigenvalue weighted by molar-refractivity contribution is 0.550. The number of rotatable bonds is 8. The maximum Gasteiger partial charge on any atom is 0.211 e. The highest BCUT2D eigenvalue weighted by Crippen LogP contribution is 2.11. The van der Waals surface area contributed by atoms with Crippen LogP contribution in [0, 0.1) is 5.92 Å². The summed E-state index contributed by atoms with van der Waals surface area (Å²) in [6, 6.07) is 0. The molecule has 0 aromatic rings. The molecular formula is C10H22BrNO2S. The first-order valence-electron chi connectivity index (χ1n) is 5.48. The van der Waals surface area contributed by atoms with Crippen LogP contribution in [0.25, 0.3) is 0 Å². The van der Waals surface area contributed by atoms with Gasteiger partial charge in [0.05, 0.1) is 5.75 Å². The summed E-state index contributed by atoms with van der Waals surface area (Å²) in [7, 11) is -3.05. The Morgan fingerprint density at radius 1 is 1.33 bits per heavy atom. The quantitative estimate of drug-likeness (QED) is 0.700. The van der Waals surface area contributed by atoms with Gasteiger partial charge in [-0.3, -0.25) is 0 Å². The van der Waals surface area contributed by atoms with Crippen LogP contribution >= 0.6 is 15.9 Å². The van der Waals surface area contributed by atoms with Gasteiger partial charge in [0.1, 0.15) is 0 Å². The van der Waals surface area contributed by atoms with Gasteiger partial charge >= 0.3 is 0 Å². The van der Waals surface area contributed by atoms with Gasteiger partial charge in [0.15, 0.2) is 0 Å². The smallest absolute Gasteiger partial charge is 0.211 e. The van der Waals surface area contributed by atoms with Crippen LogP contribution in [-0.2, 0) is 10.0 Å². The molecule has 0 aromatic heterocycles. The minimum atomic E-state index is -3.05. The fourth-order valence-electron chi connectivity index (χ4n) is 1.22. The molecule has 0 heterocycles. The first-order chi connectivity index (χ1) is 6.87. The van der Waals surface area contributed by atoms with Crippen LogP contribution in [0.2, 0.25) is 0 Å². The minimum Gasteiger partial charge on any atom is -0.214 e. The minimum absolute atomic E-state index is 0.230. The second-order valence-electron chi connectivity index (χ2n) is 4.25. The summed E-state index contributed by atoms with van der Waals surface area (Å²) in [5, 5.41) is 0. The zero-order chi connectivity index (χ0) is 11.9. The lowest BCUT2D eigenvalue weighted by atomic mass is 10.1. The second kappa shape index (κ2) is 7.63.